The van der Waals surface area contributed by atoms with Gasteiger partial charge in [0.2, 0.25) is 5.91 Å². The van der Waals surface area contributed by atoms with E-state index in [1.54, 1.807) is 12.4 Å². The molecule has 0 aromatic carbocycles. The zero-order valence-corrected chi connectivity index (χ0v) is 15.2. The van der Waals surface area contributed by atoms with Crippen LogP contribution < -0.4 is 5.32 Å². The van der Waals surface area contributed by atoms with Crippen LogP contribution in [0.15, 0.2) is 12.4 Å². The van der Waals surface area contributed by atoms with E-state index in [-0.39, 0.29) is 5.91 Å². The molecule has 7 heteroatoms. The topological polar surface area (TPSA) is 86.8 Å². The number of piperidine rings is 1. The number of hydrogen-bond acceptors (Lipinski definition) is 5. The summed E-state index contributed by atoms with van der Waals surface area (Å²) in [6.45, 7) is 5.53. The maximum Gasteiger partial charge on any atom is 0.227 e. The van der Waals surface area contributed by atoms with E-state index < -0.39 is 0 Å². The van der Waals surface area contributed by atoms with E-state index >= 15 is 0 Å². The Morgan fingerprint density at radius 3 is 2.88 bits per heavy atom. The van der Waals surface area contributed by atoms with Gasteiger partial charge in [0.25, 0.3) is 0 Å². The molecule has 3 heterocycles. The third kappa shape index (κ3) is 3.97. The average molecular weight is 342 g/mol. The summed E-state index contributed by atoms with van der Waals surface area (Å²) in [6, 6.07) is 0. The predicted molar refractivity (Wildman–Crippen MR) is 96.4 cm³/mol. The Kier molecular flexibility index (Phi) is 5.31. The molecule has 0 radical (unpaired) electrons. The lowest BCUT2D eigenvalue weighted by Gasteiger charge is -2.33. The van der Waals surface area contributed by atoms with Crippen molar-refractivity contribution in [3.05, 3.63) is 35.0 Å². The number of rotatable bonds is 5. The second-order valence-electron chi connectivity index (χ2n) is 6.74. The summed E-state index contributed by atoms with van der Waals surface area (Å²) in [5, 5.41) is 10.2. The molecule has 0 saturated carbocycles. The lowest BCUT2D eigenvalue weighted by Crippen LogP contribution is -2.41. The molecule has 1 amide bonds. The van der Waals surface area contributed by atoms with E-state index in [2.05, 4.69) is 25.5 Å². The van der Waals surface area contributed by atoms with Gasteiger partial charge in [-0.15, -0.1) is 0 Å². The Balaban J connectivity index is 1.63. The molecule has 1 aliphatic heterocycles. The highest BCUT2D eigenvalue weighted by atomic mass is 16.2. The number of likely N-dealkylation sites (tertiary alicyclic amines) is 1. The zero-order chi connectivity index (χ0) is 17.8. The van der Waals surface area contributed by atoms with Crippen LogP contribution >= 0.6 is 0 Å². The van der Waals surface area contributed by atoms with E-state index in [4.69, 9.17) is 0 Å². The Labute approximate surface area is 148 Å². The van der Waals surface area contributed by atoms with E-state index in [9.17, 15) is 4.79 Å². The van der Waals surface area contributed by atoms with Crippen LogP contribution in [0.1, 0.15) is 35.5 Å². The minimum absolute atomic E-state index is 0.185. The van der Waals surface area contributed by atoms with E-state index in [1.165, 1.54) is 0 Å². The molecule has 7 nitrogen and oxygen atoms in total. The monoisotopic (exact) mass is 342 g/mol. The maximum absolute atomic E-state index is 12.7. The average Bonchev–Trinajstić information content (AvgIpc) is 2.94. The maximum atomic E-state index is 12.7. The fourth-order valence-corrected chi connectivity index (χ4v) is 3.55. The third-order valence-corrected chi connectivity index (χ3v) is 4.97. The lowest BCUT2D eigenvalue weighted by atomic mass is 9.92. The van der Waals surface area contributed by atoms with Gasteiger partial charge in [0.05, 0.1) is 17.8 Å². The molecule has 3 rings (SSSR count). The Hall–Kier alpha value is -2.44. The van der Waals surface area contributed by atoms with Crippen LogP contribution in [-0.2, 0) is 17.6 Å². The Morgan fingerprint density at radius 2 is 2.16 bits per heavy atom. The largest absolute Gasteiger partial charge is 0.372 e. The van der Waals surface area contributed by atoms with Gasteiger partial charge in [0.1, 0.15) is 5.82 Å². The number of aromatic nitrogens is 4. The van der Waals surface area contributed by atoms with Crippen LogP contribution in [0.3, 0.4) is 0 Å². The summed E-state index contributed by atoms with van der Waals surface area (Å²) < 4.78 is 0. The van der Waals surface area contributed by atoms with Crippen molar-refractivity contribution >= 4 is 11.7 Å². The number of aromatic amines is 1. The van der Waals surface area contributed by atoms with E-state index in [1.807, 2.05) is 25.8 Å². The fraction of sp³-hybridized carbons (Fsp3) is 0.556. The predicted octanol–water partition coefficient (Wildman–Crippen LogP) is 1.88. The third-order valence-electron chi connectivity index (χ3n) is 4.97. The van der Waals surface area contributed by atoms with Crippen molar-refractivity contribution in [3.8, 4) is 0 Å². The summed E-state index contributed by atoms with van der Waals surface area (Å²) in [7, 11) is 1.86. The number of aryl methyl sites for hydroxylation is 2. The van der Waals surface area contributed by atoms with Crippen LogP contribution in [-0.4, -0.2) is 51.1 Å². The number of anilines is 1. The van der Waals surface area contributed by atoms with Gasteiger partial charge in [-0.05, 0) is 39.0 Å². The summed E-state index contributed by atoms with van der Waals surface area (Å²) in [4.78, 5) is 23.5. The summed E-state index contributed by atoms with van der Waals surface area (Å²) in [5.41, 5.74) is 3.90. The van der Waals surface area contributed by atoms with Crippen molar-refractivity contribution in [1.82, 2.24) is 25.1 Å². The van der Waals surface area contributed by atoms with Crippen molar-refractivity contribution in [1.29, 1.82) is 0 Å². The number of nitrogens with zero attached hydrogens (tertiary/aromatic N) is 4. The lowest BCUT2D eigenvalue weighted by molar-refractivity contribution is -0.132. The highest BCUT2D eigenvalue weighted by Gasteiger charge is 2.26. The first-order valence-electron chi connectivity index (χ1n) is 8.84. The number of carbonyl (C=O) groups excluding carboxylic acids is 1. The Bertz CT molecular complexity index is 721. The van der Waals surface area contributed by atoms with Crippen molar-refractivity contribution in [2.75, 3.05) is 25.5 Å². The molecule has 2 aromatic heterocycles. The normalized spacial score (nSPS) is 17.6. The summed E-state index contributed by atoms with van der Waals surface area (Å²) in [5.74, 6) is 1.44. The van der Waals surface area contributed by atoms with Gasteiger partial charge in [-0.1, -0.05) is 0 Å². The number of nitrogens with one attached hydrogen (secondary N) is 2. The molecule has 1 fully saturated rings. The van der Waals surface area contributed by atoms with Gasteiger partial charge in [-0.25, -0.2) is 4.98 Å². The van der Waals surface area contributed by atoms with Crippen LogP contribution in [0.4, 0.5) is 5.82 Å². The molecule has 0 unspecified atom stereocenters. The van der Waals surface area contributed by atoms with Gasteiger partial charge >= 0.3 is 0 Å². The van der Waals surface area contributed by atoms with Crippen LogP contribution in [0.5, 0.6) is 0 Å². The van der Waals surface area contributed by atoms with Crippen molar-refractivity contribution < 1.29 is 4.79 Å². The molecule has 0 spiro atoms. The SMILES string of the molecule is CNc1nccnc1C[C@H]1CCCN(C(=O)Cc2c(C)n[nH]c2C)C1. The van der Waals surface area contributed by atoms with E-state index in [0.717, 1.165) is 60.8 Å². The first-order chi connectivity index (χ1) is 12.1. The second-order valence-corrected chi connectivity index (χ2v) is 6.74. The number of carbonyl (C=O) groups is 1. The van der Waals surface area contributed by atoms with Gasteiger partial charge in [-0.2, -0.15) is 5.10 Å². The quantitative estimate of drug-likeness (QED) is 0.866. The molecule has 0 bridgehead atoms. The fourth-order valence-electron chi connectivity index (χ4n) is 3.55. The van der Waals surface area contributed by atoms with E-state index in [0.29, 0.717) is 12.3 Å². The molecule has 0 aliphatic carbocycles. The molecule has 1 saturated heterocycles. The first kappa shape index (κ1) is 17.4. The Morgan fingerprint density at radius 1 is 1.36 bits per heavy atom. The number of H-pyrrole nitrogens is 1. The van der Waals surface area contributed by atoms with Crippen LogP contribution in [0, 0.1) is 19.8 Å². The molecule has 1 atom stereocenters. The van der Waals surface area contributed by atoms with Gasteiger partial charge < -0.3 is 10.2 Å². The van der Waals surface area contributed by atoms with Gasteiger partial charge in [-0.3, -0.25) is 14.9 Å². The highest BCUT2D eigenvalue weighted by Crippen LogP contribution is 2.23. The molecular formula is C18H26N6O. The van der Waals surface area contributed by atoms with Crippen LogP contribution in [0.2, 0.25) is 0 Å². The smallest absolute Gasteiger partial charge is 0.227 e. The first-order valence-corrected chi connectivity index (χ1v) is 8.84. The minimum Gasteiger partial charge on any atom is -0.372 e. The van der Waals surface area contributed by atoms with Gasteiger partial charge in [0.15, 0.2) is 0 Å². The number of hydrogen-bond donors (Lipinski definition) is 2. The minimum atomic E-state index is 0.185. The molecular weight excluding hydrogens is 316 g/mol. The van der Waals surface area contributed by atoms with Crippen molar-refractivity contribution in [2.45, 2.75) is 39.5 Å². The molecule has 25 heavy (non-hydrogen) atoms. The van der Waals surface area contributed by atoms with Crippen molar-refractivity contribution in [3.63, 3.8) is 0 Å². The standard InChI is InChI=1S/C18H26N6O/c1-12-15(13(2)23-22-12)10-17(25)24-8-4-5-14(11-24)9-16-18(19-3)21-7-6-20-16/h6-7,14H,4-5,8-11H2,1-3H3,(H,19,21)(H,22,23)/t14-/m1/s1. The highest BCUT2D eigenvalue weighted by molar-refractivity contribution is 5.79. The second kappa shape index (κ2) is 7.63. The molecule has 2 aromatic rings. The van der Waals surface area contributed by atoms with Crippen LogP contribution in [0.25, 0.3) is 0 Å². The molecule has 1 aliphatic rings. The zero-order valence-electron chi connectivity index (χ0n) is 15.2. The summed E-state index contributed by atoms with van der Waals surface area (Å²) in [6.07, 6.45) is 6.85. The molecule has 134 valence electrons. The number of amides is 1. The van der Waals surface area contributed by atoms with Crippen molar-refractivity contribution in [2.24, 2.45) is 5.92 Å². The molecule has 2 N–H and O–H groups in total. The van der Waals surface area contributed by atoms with Gasteiger partial charge in [0, 0.05) is 43.8 Å². The summed E-state index contributed by atoms with van der Waals surface area (Å²) >= 11 is 0.